The highest BCUT2D eigenvalue weighted by molar-refractivity contribution is 6.21. The van der Waals surface area contributed by atoms with Gasteiger partial charge in [0.1, 0.15) is 23.6 Å². The summed E-state index contributed by atoms with van der Waals surface area (Å²) in [6.07, 6.45) is 9.31. The molecule has 4 rings (SSSR count). The first-order valence-electron chi connectivity index (χ1n) is 12.0. The third-order valence-electron chi connectivity index (χ3n) is 6.24. The van der Waals surface area contributed by atoms with E-state index in [0.29, 0.717) is 17.2 Å². The third kappa shape index (κ3) is 6.30. The number of tetrazole rings is 1. The van der Waals surface area contributed by atoms with Crippen LogP contribution in [0.3, 0.4) is 0 Å². The summed E-state index contributed by atoms with van der Waals surface area (Å²) in [4.78, 5) is 46.8. The van der Waals surface area contributed by atoms with E-state index in [1.807, 2.05) is 13.0 Å². The van der Waals surface area contributed by atoms with E-state index in [0.717, 1.165) is 17.2 Å². The molecule has 13 heteroatoms. The molecule has 2 aliphatic rings. The van der Waals surface area contributed by atoms with Crippen molar-refractivity contribution in [3.8, 4) is 12.3 Å². The highest BCUT2D eigenvalue weighted by atomic mass is 19.1. The minimum absolute atomic E-state index is 0.0148. The molecule has 0 spiro atoms. The SMILES string of the molecule is C#CCN(CC1=CC2C(=O)N=C(C)N=C2C=C1C)c1ccc(C(=O)N[C@@H](CCc2nn[nH]n2)C(=O)O)c(F)c1. The predicted molar refractivity (Wildman–Crippen MR) is 140 cm³/mol. The van der Waals surface area contributed by atoms with Gasteiger partial charge in [-0.2, -0.15) is 10.2 Å². The number of rotatable bonds is 10. The number of H-pyrrole nitrogens is 1. The summed E-state index contributed by atoms with van der Waals surface area (Å²) in [5.74, 6) is -0.663. The molecule has 2 aromatic rings. The zero-order chi connectivity index (χ0) is 28.1. The van der Waals surface area contributed by atoms with Crippen LogP contribution in [0.15, 0.2) is 51.5 Å². The molecule has 0 saturated carbocycles. The van der Waals surface area contributed by atoms with E-state index in [1.54, 1.807) is 17.9 Å². The number of anilines is 1. The lowest BCUT2D eigenvalue weighted by Gasteiger charge is -2.28. The number of aromatic nitrogens is 4. The number of aromatic amines is 1. The number of aryl methyl sites for hydroxylation is 1. The quantitative estimate of drug-likeness (QED) is 0.387. The number of fused-ring (bicyclic) bond motifs is 1. The highest BCUT2D eigenvalue weighted by Gasteiger charge is 2.29. The van der Waals surface area contributed by atoms with Crippen LogP contribution in [0, 0.1) is 24.1 Å². The topological polar surface area (TPSA) is 166 Å². The lowest BCUT2D eigenvalue weighted by molar-refractivity contribution is -0.139. The first-order chi connectivity index (χ1) is 18.7. The largest absolute Gasteiger partial charge is 0.480 e. The maximum absolute atomic E-state index is 15.1. The van der Waals surface area contributed by atoms with Crippen LogP contribution in [-0.2, 0) is 16.0 Å². The molecule has 2 atom stereocenters. The number of halogens is 1. The smallest absolute Gasteiger partial charge is 0.326 e. The summed E-state index contributed by atoms with van der Waals surface area (Å²) in [5, 5.41) is 25.0. The minimum Gasteiger partial charge on any atom is -0.480 e. The summed E-state index contributed by atoms with van der Waals surface area (Å²) >= 11 is 0. The van der Waals surface area contributed by atoms with Gasteiger partial charge in [0, 0.05) is 18.7 Å². The van der Waals surface area contributed by atoms with Gasteiger partial charge in [-0.1, -0.05) is 17.2 Å². The van der Waals surface area contributed by atoms with Crippen molar-refractivity contribution in [2.75, 3.05) is 18.0 Å². The molecule has 0 saturated heterocycles. The number of nitrogens with one attached hydrogen (secondary N) is 2. The number of allylic oxidation sites excluding steroid dienone is 1. The number of carboxylic acids is 1. The Labute approximate surface area is 222 Å². The number of amides is 2. The first-order valence-corrected chi connectivity index (χ1v) is 12.0. The number of nitrogens with zero attached hydrogens (tertiary/aromatic N) is 6. The van der Waals surface area contributed by atoms with Gasteiger partial charge in [-0.25, -0.2) is 14.2 Å². The van der Waals surface area contributed by atoms with Crippen molar-refractivity contribution in [3.63, 3.8) is 0 Å². The molecule has 2 heterocycles. The van der Waals surface area contributed by atoms with Crippen LogP contribution in [-0.4, -0.2) is 74.2 Å². The van der Waals surface area contributed by atoms with E-state index in [1.165, 1.54) is 12.1 Å². The van der Waals surface area contributed by atoms with Crippen molar-refractivity contribution in [3.05, 3.63) is 58.7 Å². The molecule has 1 unspecified atom stereocenters. The van der Waals surface area contributed by atoms with Gasteiger partial charge >= 0.3 is 5.97 Å². The van der Waals surface area contributed by atoms with Crippen LogP contribution in [0.1, 0.15) is 36.5 Å². The number of hydrogen-bond acceptors (Lipinski definition) is 8. The summed E-state index contributed by atoms with van der Waals surface area (Å²) in [6, 6.07) is 2.67. The van der Waals surface area contributed by atoms with Crippen LogP contribution in [0.2, 0.25) is 0 Å². The number of carboxylic acid groups (broad SMARTS) is 1. The summed E-state index contributed by atoms with van der Waals surface area (Å²) in [7, 11) is 0. The number of carbonyl (C=O) groups is 3. The maximum Gasteiger partial charge on any atom is 0.326 e. The van der Waals surface area contributed by atoms with Gasteiger partial charge in [0.25, 0.3) is 11.8 Å². The Morgan fingerprint density at radius 2 is 2.10 bits per heavy atom. The molecule has 0 bridgehead atoms. The molecule has 200 valence electrons. The second-order valence-electron chi connectivity index (χ2n) is 8.99. The van der Waals surface area contributed by atoms with E-state index in [9.17, 15) is 19.5 Å². The third-order valence-corrected chi connectivity index (χ3v) is 6.24. The number of hydrogen-bond donors (Lipinski definition) is 3. The Balaban J connectivity index is 1.49. The molecule has 0 fully saturated rings. The second kappa shape index (κ2) is 11.6. The lowest BCUT2D eigenvalue weighted by atomic mass is 9.88. The van der Waals surface area contributed by atoms with Gasteiger partial charge in [0.15, 0.2) is 5.82 Å². The number of benzene rings is 1. The van der Waals surface area contributed by atoms with Crippen LogP contribution in [0.25, 0.3) is 0 Å². The molecule has 1 aromatic heterocycles. The van der Waals surface area contributed by atoms with Crippen molar-refractivity contribution in [2.45, 2.75) is 32.7 Å². The van der Waals surface area contributed by atoms with Crippen LogP contribution >= 0.6 is 0 Å². The number of amidine groups is 1. The Kier molecular flexibility index (Phi) is 8.04. The molecule has 0 radical (unpaired) electrons. The van der Waals surface area contributed by atoms with Crippen LogP contribution in [0.5, 0.6) is 0 Å². The fourth-order valence-electron chi connectivity index (χ4n) is 4.23. The van der Waals surface area contributed by atoms with E-state index in [2.05, 4.69) is 41.8 Å². The second-order valence-corrected chi connectivity index (χ2v) is 8.99. The van der Waals surface area contributed by atoms with Gasteiger partial charge in [0.2, 0.25) is 0 Å². The van der Waals surface area contributed by atoms with Crippen LogP contribution < -0.4 is 10.2 Å². The van der Waals surface area contributed by atoms with Crippen molar-refractivity contribution in [2.24, 2.45) is 15.9 Å². The van der Waals surface area contributed by atoms with E-state index >= 15 is 4.39 Å². The van der Waals surface area contributed by atoms with Crippen molar-refractivity contribution in [1.29, 1.82) is 0 Å². The molecule has 1 aliphatic heterocycles. The lowest BCUT2D eigenvalue weighted by Crippen LogP contribution is -2.41. The number of aliphatic carboxylic acids is 1. The Morgan fingerprint density at radius 1 is 1.31 bits per heavy atom. The van der Waals surface area contributed by atoms with E-state index in [-0.39, 0.29) is 43.2 Å². The Hall–Kier alpha value is -4.99. The fourth-order valence-corrected chi connectivity index (χ4v) is 4.23. The maximum atomic E-state index is 15.1. The van der Waals surface area contributed by atoms with E-state index in [4.69, 9.17) is 6.42 Å². The van der Waals surface area contributed by atoms with Crippen molar-refractivity contribution >= 4 is 35.0 Å². The summed E-state index contributed by atoms with van der Waals surface area (Å²) in [5.41, 5.74) is 2.40. The predicted octanol–water partition coefficient (Wildman–Crippen LogP) is 1.50. The number of carbonyl (C=O) groups excluding carboxylic acids is 2. The monoisotopic (exact) mass is 532 g/mol. The van der Waals surface area contributed by atoms with E-state index < -0.39 is 29.7 Å². The molecule has 2 amide bonds. The molecule has 12 nitrogen and oxygen atoms in total. The number of terminal acetylenes is 1. The summed E-state index contributed by atoms with van der Waals surface area (Å²) < 4.78 is 15.1. The zero-order valence-electron chi connectivity index (χ0n) is 21.2. The van der Waals surface area contributed by atoms with Gasteiger partial charge < -0.3 is 15.3 Å². The van der Waals surface area contributed by atoms with Crippen molar-refractivity contribution in [1.82, 2.24) is 25.9 Å². The van der Waals surface area contributed by atoms with Gasteiger partial charge in [0.05, 0.1) is 17.8 Å². The highest BCUT2D eigenvalue weighted by Crippen LogP contribution is 2.27. The number of aliphatic imine (C=N–C) groups is 2. The Morgan fingerprint density at radius 3 is 2.77 bits per heavy atom. The standard InChI is InChI=1S/C26H25FN8O4/c1-4-9-35(13-16-11-19-22(10-14(16)2)28-15(3)29-25(19)37)17-5-6-18(20(27)12-17)24(36)30-21(26(38)39)7-8-23-31-33-34-32-23/h1,5-6,10-12,19,21H,7-9,13H2,2-3H3,(H,30,36)(H,38,39)(H,31,32,33,34)/t19?,21-/m0/s1. The molecule has 1 aromatic carbocycles. The average molecular weight is 533 g/mol. The normalized spacial score (nSPS) is 17.1. The molecule has 3 N–H and O–H groups in total. The van der Waals surface area contributed by atoms with Crippen molar-refractivity contribution < 1.29 is 23.9 Å². The van der Waals surface area contributed by atoms with Gasteiger partial charge in [-0.05, 0) is 55.7 Å². The van der Waals surface area contributed by atoms with Crippen LogP contribution in [0.4, 0.5) is 10.1 Å². The molecular weight excluding hydrogens is 507 g/mol. The molecular formula is C26H25FN8O4. The first kappa shape index (κ1) is 27.1. The zero-order valence-corrected chi connectivity index (χ0v) is 21.2. The average Bonchev–Trinajstić information content (AvgIpc) is 3.40. The minimum atomic E-state index is -1.29. The molecule has 1 aliphatic carbocycles. The summed E-state index contributed by atoms with van der Waals surface area (Å²) in [6.45, 7) is 3.95. The van der Waals surface area contributed by atoms with Gasteiger partial charge in [-0.15, -0.1) is 16.6 Å². The van der Waals surface area contributed by atoms with Gasteiger partial charge in [-0.3, -0.25) is 9.59 Å². The molecule has 39 heavy (non-hydrogen) atoms. The Bertz CT molecular complexity index is 1470. The fraction of sp³-hybridized carbons (Fsp3) is 0.308.